The number of nitrogens with zero attached hydrogens (tertiary/aromatic N) is 1. The van der Waals surface area contributed by atoms with Gasteiger partial charge in [0.1, 0.15) is 6.29 Å². The van der Waals surface area contributed by atoms with Crippen LogP contribution >= 0.6 is 0 Å². The Labute approximate surface area is 183 Å². The molecule has 1 aliphatic rings. The first-order chi connectivity index (χ1) is 14.8. The molecular formula is C28H39NO. The van der Waals surface area contributed by atoms with Crippen LogP contribution in [-0.2, 0) is 11.2 Å². The maximum absolute atomic E-state index is 10.6. The van der Waals surface area contributed by atoms with Gasteiger partial charge in [0.15, 0.2) is 0 Å². The van der Waals surface area contributed by atoms with Crippen LogP contribution in [0.3, 0.4) is 0 Å². The Balaban J connectivity index is 1.46. The van der Waals surface area contributed by atoms with Gasteiger partial charge in [-0.3, -0.25) is 4.98 Å². The van der Waals surface area contributed by atoms with E-state index in [0.717, 1.165) is 37.2 Å². The lowest BCUT2D eigenvalue weighted by Crippen LogP contribution is -2.13. The summed E-state index contributed by atoms with van der Waals surface area (Å²) >= 11 is 0. The number of benzene rings is 1. The van der Waals surface area contributed by atoms with Gasteiger partial charge in [0.2, 0.25) is 0 Å². The minimum absolute atomic E-state index is 0.680. The van der Waals surface area contributed by atoms with E-state index >= 15 is 0 Å². The molecule has 1 heterocycles. The van der Waals surface area contributed by atoms with Crippen molar-refractivity contribution in [2.75, 3.05) is 0 Å². The summed E-state index contributed by atoms with van der Waals surface area (Å²) in [6, 6.07) is 13.5. The summed E-state index contributed by atoms with van der Waals surface area (Å²) < 4.78 is 0. The van der Waals surface area contributed by atoms with Gasteiger partial charge < -0.3 is 4.79 Å². The van der Waals surface area contributed by atoms with Crippen molar-refractivity contribution < 1.29 is 4.79 Å². The molecule has 1 aromatic heterocycles. The van der Waals surface area contributed by atoms with Gasteiger partial charge in [-0.05, 0) is 74.0 Å². The van der Waals surface area contributed by atoms with Crippen LogP contribution in [0.4, 0.5) is 0 Å². The zero-order valence-electron chi connectivity index (χ0n) is 18.8. The fourth-order valence-corrected chi connectivity index (χ4v) is 4.87. The first-order valence-corrected chi connectivity index (χ1v) is 12.3. The highest BCUT2D eigenvalue weighted by atomic mass is 16.1. The molecule has 0 aliphatic heterocycles. The van der Waals surface area contributed by atoms with Crippen molar-refractivity contribution in [1.29, 1.82) is 0 Å². The maximum atomic E-state index is 10.6. The van der Waals surface area contributed by atoms with Crippen molar-refractivity contribution in [3.63, 3.8) is 0 Å². The van der Waals surface area contributed by atoms with Crippen molar-refractivity contribution in [2.45, 2.75) is 96.3 Å². The number of unbranched alkanes of at least 4 members (excludes halogenated alkanes) is 5. The van der Waals surface area contributed by atoms with E-state index in [1.165, 1.54) is 80.9 Å². The molecule has 2 nitrogen and oxygen atoms in total. The summed E-state index contributed by atoms with van der Waals surface area (Å²) in [5.74, 6) is 1.43. The zero-order valence-corrected chi connectivity index (χ0v) is 18.8. The lowest BCUT2D eigenvalue weighted by molar-refractivity contribution is -0.108. The molecule has 1 saturated carbocycles. The average Bonchev–Trinajstić information content (AvgIpc) is 2.81. The lowest BCUT2D eigenvalue weighted by atomic mass is 9.77. The van der Waals surface area contributed by atoms with E-state index in [0.29, 0.717) is 5.92 Å². The molecule has 2 heteroatoms. The van der Waals surface area contributed by atoms with E-state index in [2.05, 4.69) is 49.5 Å². The lowest BCUT2D eigenvalue weighted by Gasteiger charge is -2.28. The second kappa shape index (κ2) is 12.7. The quantitative estimate of drug-likeness (QED) is 0.265. The van der Waals surface area contributed by atoms with Crippen molar-refractivity contribution in [1.82, 2.24) is 4.98 Å². The van der Waals surface area contributed by atoms with Crippen LogP contribution in [0.15, 0.2) is 42.6 Å². The molecule has 0 atom stereocenters. The van der Waals surface area contributed by atoms with Crippen LogP contribution < -0.4 is 0 Å². The normalized spacial score (nSPS) is 19.0. The van der Waals surface area contributed by atoms with E-state index in [1.807, 2.05) is 0 Å². The van der Waals surface area contributed by atoms with E-state index in [9.17, 15) is 4.79 Å². The smallest absolute Gasteiger partial charge is 0.120 e. The monoisotopic (exact) mass is 405 g/mol. The Morgan fingerprint density at radius 1 is 0.900 bits per heavy atom. The molecule has 30 heavy (non-hydrogen) atoms. The topological polar surface area (TPSA) is 30.0 Å². The summed E-state index contributed by atoms with van der Waals surface area (Å²) in [5.41, 5.74) is 5.11. The number of aromatic nitrogens is 1. The summed E-state index contributed by atoms with van der Waals surface area (Å²) in [5, 5.41) is 0. The number of pyridine rings is 1. The van der Waals surface area contributed by atoms with E-state index < -0.39 is 0 Å². The number of hydrogen-bond donors (Lipinski definition) is 0. The molecule has 0 spiro atoms. The highest BCUT2D eigenvalue weighted by Gasteiger charge is 2.22. The highest BCUT2D eigenvalue weighted by Crippen LogP contribution is 2.37. The summed E-state index contributed by atoms with van der Waals surface area (Å²) in [4.78, 5) is 15.3. The molecule has 3 rings (SSSR count). The number of carbonyl (C=O) groups is 1. The number of rotatable bonds is 12. The fraction of sp³-hybridized carbons (Fsp3) is 0.571. The van der Waals surface area contributed by atoms with Crippen LogP contribution in [-0.4, -0.2) is 11.3 Å². The van der Waals surface area contributed by atoms with Crippen LogP contribution in [0.1, 0.15) is 101 Å². The molecule has 0 saturated heterocycles. The molecule has 0 unspecified atom stereocenters. The molecule has 1 aliphatic carbocycles. The van der Waals surface area contributed by atoms with Crippen molar-refractivity contribution in [3.05, 3.63) is 53.7 Å². The van der Waals surface area contributed by atoms with Crippen LogP contribution in [0, 0.1) is 5.92 Å². The van der Waals surface area contributed by atoms with Gasteiger partial charge in [-0.15, -0.1) is 0 Å². The van der Waals surface area contributed by atoms with Crippen molar-refractivity contribution in [2.24, 2.45) is 5.92 Å². The Bertz CT molecular complexity index is 726. The number of hydrogen-bond acceptors (Lipinski definition) is 2. The SMILES string of the molecule is CCCCCCCCc1ccc(-c2ccc(C3CCC(CCC=O)CC3)cc2)nc1. The molecule has 1 fully saturated rings. The van der Waals surface area contributed by atoms with Crippen molar-refractivity contribution >= 4 is 6.29 Å². The molecule has 162 valence electrons. The average molecular weight is 406 g/mol. The third kappa shape index (κ3) is 7.07. The largest absolute Gasteiger partial charge is 0.303 e. The van der Waals surface area contributed by atoms with Gasteiger partial charge >= 0.3 is 0 Å². The van der Waals surface area contributed by atoms with Crippen molar-refractivity contribution in [3.8, 4) is 11.3 Å². The third-order valence-corrected chi connectivity index (χ3v) is 6.86. The van der Waals surface area contributed by atoms with Crippen LogP contribution in [0.2, 0.25) is 0 Å². The minimum atomic E-state index is 0.680. The van der Waals surface area contributed by atoms with Gasteiger partial charge in [-0.1, -0.05) is 69.4 Å². The van der Waals surface area contributed by atoms with E-state index in [1.54, 1.807) is 0 Å². The van der Waals surface area contributed by atoms with Gasteiger partial charge in [0, 0.05) is 18.2 Å². The number of carbonyl (C=O) groups excluding carboxylic acids is 1. The predicted octanol–water partition coefficient (Wildman–Crippen LogP) is 7.90. The predicted molar refractivity (Wildman–Crippen MR) is 127 cm³/mol. The van der Waals surface area contributed by atoms with E-state index in [-0.39, 0.29) is 0 Å². The standard InChI is InChI=1S/C28H39NO/c1-2-3-4-5-6-7-9-24-13-20-28(29-22-24)27-18-16-26(17-19-27)25-14-11-23(12-15-25)10-8-21-30/h13,16-23,25H,2-12,14-15H2,1H3. The van der Waals surface area contributed by atoms with Gasteiger partial charge in [-0.25, -0.2) is 0 Å². The molecule has 0 N–H and O–H groups in total. The second-order valence-electron chi connectivity index (χ2n) is 9.15. The summed E-state index contributed by atoms with van der Waals surface area (Å²) in [7, 11) is 0. The Hall–Kier alpha value is -1.96. The summed E-state index contributed by atoms with van der Waals surface area (Å²) in [6.45, 7) is 2.27. The second-order valence-corrected chi connectivity index (χ2v) is 9.15. The Kier molecular flexibility index (Phi) is 9.60. The van der Waals surface area contributed by atoms with Gasteiger partial charge in [0.25, 0.3) is 0 Å². The molecule has 0 radical (unpaired) electrons. The van der Waals surface area contributed by atoms with E-state index in [4.69, 9.17) is 4.98 Å². The highest BCUT2D eigenvalue weighted by molar-refractivity contribution is 5.59. The fourth-order valence-electron chi connectivity index (χ4n) is 4.87. The minimum Gasteiger partial charge on any atom is -0.303 e. The number of aryl methyl sites for hydroxylation is 1. The first kappa shape index (κ1) is 22.7. The summed E-state index contributed by atoms with van der Waals surface area (Å²) in [6.07, 6.45) is 19.2. The zero-order chi connectivity index (χ0) is 21.0. The molecule has 1 aromatic carbocycles. The van der Waals surface area contributed by atoms with Crippen LogP contribution in [0.5, 0.6) is 0 Å². The third-order valence-electron chi connectivity index (χ3n) is 6.86. The molecular weight excluding hydrogens is 366 g/mol. The first-order valence-electron chi connectivity index (χ1n) is 12.3. The maximum Gasteiger partial charge on any atom is 0.120 e. The molecule has 0 amide bonds. The Morgan fingerprint density at radius 2 is 1.63 bits per heavy atom. The molecule has 2 aromatic rings. The Morgan fingerprint density at radius 3 is 2.30 bits per heavy atom. The molecule has 0 bridgehead atoms. The van der Waals surface area contributed by atoms with Gasteiger partial charge in [0.05, 0.1) is 5.69 Å². The number of aldehydes is 1. The van der Waals surface area contributed by atoms with Gasteiger partial charge in [-0.2, -0.15) is 0 Å². The van der Waals surface area contributed by atoms with Crippen LogP contribution in [0.25, 0.3) is 11.3 Å².